The third-order valence-corrected chi connectivity index (χ3v) is 11.8. The predicted molar refractivity (Wildman–Crippen MR) is 170 cm³/mol. The number of rotatable bonds is 8. The topological polar surface area (TPSA) is 129 Å². The van der Waals surface area contributed by atoms with Gasteiger partial charge in [-0.2, -0.15) is 13.0 Å². The van der Waals surface area contributed by atoms with E-state index in [1.165, 1.54) is 11.8 Å². The van der Waals surface area contributed by atoms with Gasteiger partial charge < -0.3 is 8.97 Å². The molecule has 0 aliphatic carbocycles. The first-order chi connectivity index (χ1) is 21.0. The van der Waals surface area contributed by atoms with Crippen LogP contribution in [0.15, 0.2) is 99.3 Å². The van der Waals surface area contributed by atoms with Gasteiger partial charge in [0.15, 0.2) is 32.8 Å². The normalized spacial score (nSPS) is 20.9. The molecule has 1 fully saturated rings. The van der Waals surface area contributed by atoms with E-state index >= 15 is 0 Å². The first-order valence-corrected chi connectivity index (χ1v) is 18.2. The Labute approximate surface area is 259 Å². The molecule has 12 heteroatoms. The lowest BCUT2D eigenvalue weighted by molar-refractivity contribution is -0.678. The van der Waals surface area contributed by atoms with Crippen molar-refractivity contribution in [1.29, 1.82) is 0 Å². The standard InChI is InChI=1S/C32H28N2O7S3/c35-43(36,37)19-7-6-17-33-26-20-24(22-8-2-1-3-9-22)12-14-27(26)41-29(33)21-30-34(18-16-31(34)44(38,39)40)32-25-11-5-4-10-23(25)13-15-28(32)42-30/h1-5,8-15,20-21,31H,6-7,16-19H2/p+1. The first-order valence-electron chi connectivity index (χ1n) is 14.3. The second kappa shape index (κ2) is 10.8. The van der Waals surface area contributed by atoms with E-state index in [2.05, 4.69) is 0 Å². The van der Waals surface area contributed by atoms with Gasteiger partial charge >= 0.3 is 5.89 Å². The van der Waals surface area contributed by atoms with Crippen LogP contribution in [0.2, 0.25) is 0 Å². The molecule has 1 N–H and O–H groups in total. The van der Waals surface area contributed by atoms with Crippen LogP contribution >= 0.6 is 11.8 Å². The molecule has 3 heterocycles. The van der Waals surface area contributed by atoms with E-state index in [0.717, 1.165) is 38.0 Å². The van der Waals surface area contributed by atoms with Crippen LogP contribution in [0, 0.1) is 0 Å². The summed E-state index contributed by atoms with van der Waals surface area (Å²) in [6.07, 6.45) is 2.78. The molecular weight excluding hydrogens is 621 g/mol. The quantitative estimate of drug-likeness (QED) is 0.0953. The van der Waals surface area contributed by atoms with Gasteiger partial charge in [0.25, 0.3) is 15.6 Å². The van der Waals surface area contributed by atoms with E-state index in [1.807, 2.05) is 95.6 Å². The molecule has 0 bridgehead atoms. The summed E-state index contributed by atoms with van der Waals surface area (Å²) >= 11 is 1.44. The number of benzene rings is 4. The summed E-state index contributed by atoms with van der Waals surface area (Å²) in [6.45, 7) is 0.850. The summed E-state index contributed by atoms with van der Waals surface area (Å²) in [5, 5.41) is 1.39. The van der Waals surface area contributed by atoms with Crippen LogP contribution < -0.4 is 9.05 Å². The predicted octanol–water partition coefficient (Wildman–Crippen LogP) is 5.90. The van der Waals surface area contributed by atoms with E-state index in [9.17, 15) is 25.9 Å². The maximum atomic E-state index is 12.6. The Morgan fingerprint density at radius 3 is 2.45 bits per heavy atom. The zero-order valence-corrected chi connectivity index (χ0v) is 25.9. The summed E-state index contributed by atoms with van der Waals surface area (Å²) in [5.41, 5.74) is 4.22. The van der Waals surface area contributed by atoms with Crippen molar-refractivity contribution in [3.8, 4) is 11.1 Å². The van der Waals surface area contributed by atoms with Crippen molar-refractivity contribution in [1.82, 2.24) is 4.48 Å². The Morgan fingerprint density at radius 1 is 0.955 bits per heavy atom. The van der Waals surface area contributed by atoms with Gasteiger partial charge in [0, 0.05) is 17.9 Å². The van der Waals surface area contributed by atoms with Gasteiger partial charge in [-0.05, 0) is 52.9 Å². The molecule has 1 saturated heterocycles. The smallest absolute Gasteiger partial charge is 0.380 e. The lowest BCUT2D eigenvalue weighted by Crippen LogP contribution is -2.67. The molecule has 2 atom stereocenters. The molecule has 0 amide bonds. The number of hydrogen-bond donors (Lipinski definition) is 1. The largest absolute Gasteiger partial charge is 0.743 e. The first kappa shape index (κ1) is 29.2. The lowest BCUT2D eigenvalue weighted by atomic mass is 10.0. The molecule has 0 saturated carbocycles. The summed E-state index contributed by atoms with van der Waals surface area (Å²) < 4.78 is 78.2. The third kappa shape index (κ3) is 5.05. The number of unbranched alkanes of at least 4 members (excludes halogenated alkanes) is 1. The highest BCUT2D eigenvalue weighted by Crippen LogP contribution is 2.60. The Kier molecular flexibility index (Phi) is 7.19. The molecule has 0 radical (unpaired) electrons. The van der Waals surface area contributed by atoms with E-state index in [4.69, 9.17) is 4.42 Å². The van der Waals surface area contributed by atoms with Crippen LogP contribution in [-0.2, 0) is 26.8 Å². The lowest BCUT2D eigenvalue weighted by Gasteiger charge is -2.49. The van der Waals surface area contributed by atoms with E-state index in [0.29, 0.717) is 36.0 Å². The monoisotopic (exact) mass is 649 g/mol. The number of aryl methyl sites for hydroxylation is 1. The van der Waals surface area contributed by atoms with E-state index < -0.39 is 25.6 Å². The molecular formula is C32H29N2O7S3+. The van der Waals surface area contributed by atoms with E-state index in [-0.39, 0.29) is 23.1 Å². The molecule has 226 valence electrons. The molecule has 7 rings (SSSR count). The number of nitrogens with zero attached hydrogens (tertiary/aromatic N) is 2. The average Bonchev–Trinajstić information content (AvgIpc) is 3.49. The minimum atomic E-state index is -4.65. The molecule has 2 aliphatic rings. The van der Waals surface area contributed by atoms with Crippen LogP contribution in [0.3, 0.4) is 0 Å². The maximum absolute atomic E-state index is 12.6. The summed E-state index contributed by atoms with van der Waals surface area (Å²) in [7, 11) is -8.74. The molecule has 2 unspecified atom stereocenters. The zero-order valence-electron chi connectivity index (χ0n) is 23.5. The fraction of sp³-hybridized carbons (Fsp3) is 0.219. The van der Waals surface area contributed by atoms with Gasteiger partial charge in [-0.15, -0.1) is 0 Å². The molecule has 1 aromatic heterocycles. The van der Waals surface area contributed by atoms with Crippen LogP contribution in [0.5, 0.6) is 0 Å². The molecule has 4 aromatic carbocycles. The highest BCUT2D eigenvalue weighted by Gasteiger charge is 2.60. The van der Waals surface area contributed by atoms with Crippen molar-refractivity contribution in [2.24, 2.45) is 0 Å². The maximum Gasteiger partial charge on any atom is 0.380 e. The van der Waals surface area contributed by atoms with Gasteiger partial charge in [-0.1, -0.05) is 60.7 Å². The molecule has 5 aromatic rings. The second-order valence-electron chi connectivity index (χ2n) is 11.2. The van der Waals surface area contributed by atoms with Crippen molar-refractivity contribution in [3.63, 3.8) is 0 Å². The van der Waals surface area contributed by atoms with Crippen molar-refractivity contribution in [2.75, 3.05) is 12.3 Å². The van der Waals surface area contributed by atoms with Gasteiger partial charge in [-0.3, -0.25) is 4.55 Å². The van der Waals surface area contributed by atoms with Gasteiger partial charge in [0.2, 0.25) is 5.58 Å². The van der Waals surface area contributed by atoms with Crippen molar-refractivity contribution in [2.45, 2.75) is 36.1 Å². The third-order valence-electron chi connectivity index (χ3n) is 8.54. The fourth-order valence-corrected chi connectivity index (χ4v) is 9.61. The SMILES string of the molecule is O=S(=O)(O)CCCC[n+]1c(C=C2Sc3ccc4ccccc4c3[N+]23CCC3S(=O)(=O)[O-])oc2ccc(-c3ccccc3)cc21. The fourth-order valence-electron chi connectivity index (χ4n) is 6.45. The van der Waals surface area contributed by atoms with Crippen LogP contribution in [-0.4, -0.2) is 43.6 Å². The van der Waals surface area contributed by atoms with Crippen molar-refractivity contribution >= 4 is 65.6 Å². The summed E-state index contributed by atoms with van der Waals surface area (Å²) in [5.74, 6) is 0.110. The minimum Gasteiger partial charge on any atom is -0.743 e. The number of thioether (sulfide) groups is 1. The highest BCUT2D eigenvalue weighted by molar-refractivity contribution is 8.03. The number of hydrogen-bond acceptors (Lipinski definition) is 7. The summed E-state index contributed by atoms with van der Waals surface area (Å²) in [6, 6.07) is 27.5. The molecule has 1 spiro atoms. The second-order valence-corrected chi connectivity index (χ2v) is 15.3. The number of fused-ring (bicyclic) bond motifs is 5. The Balaban J connectivity index is 1.39. The van der Waals surface area contributed by atoms with Gasteiger partial charge in [-0.25, -0.2) is 12.9 Å². The highest BCUT2D eigenvalue weighted by atomic mass is 32.2. The van der Waals surface area contributed by atoms with Crippen molar-refractivity contribution < 1.29 is 34.9 Å². The summed E-state index contributed by atoms with van der Waals surface area (Å²) in [4.78, 5) is 0.894. The minimum absolute atomic E-state index is 0.0811. The number of aromatic nitrogens is 1. The van der Waals surface area contributed by atoms with Crippen LogP contribution in [0.25, 0.3) is 39.1 Å². The Hall–Kier alpha value is -3.52. The number of oxazole rings is 1. The van der Waals surface area contributed by atoms with Crippen molar-refractivity contribution in [3.05, 3.63) is 95.8 Å². The Bertz CT molecular complexity index is 2180. The van der Waals surface area contributed by atoms with Gasteiger partial charge in [0.05, 0.1) is 23.6 Å². The van der Waals surface area contributed by atoms with Gasteiger partial charge in [0.1, 0.15) is 6.08 Å². The van der Waals surface area contributed by atoms with E-state index in [1.54, 1.807) is 0 Å². The van der Waals surface area contributed by atoms with Crippen LogP contribution in [0.1, 0.15) is 25.2 Å². The molecule has 9 nitrogen and oxygen atoms in total. The molecule has 44 heavy (non-hydrogen) atoms. The zero-order chi connectivity index (χ0) is 30.7. The molecule has 2 aliphatic heterocycles. The average molecular weight is 650 g/mol. The van der Waals surface area contributed by atoms with Crippen LogP contribution in [0.4, 0.5) is 5.69 Å². The Morgan fingerprint density at radius 2 is 1.73 bits per heavy atom. The number of quaternary nitrogens is 1.